The lowest BCUT2D eigenvalue weighted by molar-refractivity contribution is -0.385. The van der Waals surface area contributed by atoms with Gasteiger partial charge in [-0.1, -0.05) is 0 Å². The highest BCUT2D eigenvalue weighted by Crippen LogP contribution is 2.23. The Morgan fingerprint density at radius 3 is 2.57 bits per heavy atom. The molecule has 0 heterocycles. The highest BCUT2D eigenvalue weighted by atomic mass is 16.6. The van der Waals surface area contributed by atoms with Crippen LogP contribution in [0.3, 0.4) is 0 Å². The number of esters is 2. The molecule has 112 valence electrons. The first-order valence-electron chi connectivity index (χ1n) is 6.12. The standard InChI is InChI=1S/C14H15NO6/c1-4-21-13(16)9(2)7-10-5-6-11(14(17)20-3)8-12(10)15(18)19/h5-8H,4H2,1-3H3. The fourth-order valence-corrected chi connectivity index (χ4v) is 1.61. The first-order valence-corrected chi connectivity index (χ1v) is 6.12. The van der Waals surface area contributed by atoms with Gasteiger partial charge in [0.05, 0.1) is 29.8 Å². The van der Waals surface area contributed by atoms with Crippen LogP contribution in [0.2, 0.25) is 0 Å². The van der Waals surface area contributed by atoms with Crippen molar-refractivity contribution in [2.45, 2.75) is 13.8 Å². The second-order valence-electron chi connectivity index (χ2n) is 4.07. The van der Waals surface area contributed by atoms with E-state index in [9.17, 15) is 19.7 Å². The molecule has 0 saturated carbocycles. The Hall–Kier alpha value is -2.70. The molecular formula is C14H15NO6. The summed E-state index contributed by atoms with van der Waals surface area (Å²) in [6, 6.07) is 3.88. The van der Waals surface area contributed by atoms with E-state index in [1.807, 2.05) is 0 Å². The Morgan fingerprint density at radius 1 is 1.38 bits per heavy atom. The van der Waals surface area contributed by atoms with Crippen LogP contribution in [0.1, 0.15) is 29.8 Å². The monoisotopic (exact) mass is 293 g/mol. The number of carbonyl (C=O) groups is 2. The summed E-state index contributed by atoms with van der Waals surface area (Å²) in [5.74, 6) is -1.22. The van der Waals surface area contributed by atoms with E-state index in [2.05, 4.69) is 4.74 Å². The Labute approximate surface area is 121 Å². The average molecular weight is 293 g/mol. The number of rotatable bonds is 5. The highest BCUT2D eigenvalue weighted by Gasteiger charge is 2.17. The van der Waals surface area contributed by atoms with Crippen molar-refractivity contribution in [2.75, 3.05) is 13.7 Å². The van der Waals surface area contributed by atoms with Gasteiger partial charge in [-0.25, -0.2) is 9.59 Å². The molecule has 7 nitrogen and oxygen atoms in total. The van der Waals surface area contributed by atoms with E-state index >= 15 is 0 Å². The zero-order chi connectivity index (χ0) is 16.0. The second-order valence-corrected chi connectivity index (χ2v) is 4.07. The largest absolute Gasteiger partial charge is 0.465 e. The van der Waals surface area contributed by atoms with E-state index in [4.69, 9.17) is 4.74 Å². The number of hydrogen-bond donors (Lipinski definition) is 0. The van der Waals surface area contributed by atoms with Crippen molar-refractivity contribution in [2.24, 2.45) is 0 Å². The van der Waals surface area contributed by atoms with Crippen molar-refractivity contribution in [3.05, 3.63) is 45.0 Å². The van der Waals surface area contributed by atoms with E-state index in [-0.39, 0.29) is 29.0 Å². The van der Waals surface area contributed by atoms with Crippen molar-refractivity contribution in [3.8, 4) is 0 Å². The number of hydrogen-bond acceptors (Lipinski definition) is 6. The van der Waals surface area contributed by atoms with Gasteiger partial charge in [-0.2, -0.15) is 0 Å². The molecule has 0 radical (unpaired) electrons. The normalized spacial score (nSPS) is 10.9. The van der Waals surface area contributed by atoms with Crippen molar-refractivity contribution < 1.29 is 24.0 Å². The Morgan fingerprint density at radius 2 is 2.05 bits per heavy atom. The summed E-state index contributed by atoms with van der Waals surface area (Å²) in [5.41, 5.74) is 0.209. The van der Waals surface area contributed by atoms with Crippen LogP contribution in [-0.4, -0.2) is 30.6 Å². The zero-order valence-corrected chi connectivity index (χ0v) is 11.9. The van der Waals surface area contributed by atoms with Gasteiger partial charge < -0.3 is 9.47 Å². The second kappa shape index (κ2) is 7.18. The Bertz CT molecular complexity index is 605. The third kappa shape index (κ3) is 4.13. The summed E-state index contributed by atoms with van der Waals surface area (Å²) in [4.78, 5) is 33.3. The fourth-order valence-electron chi connectivity index (χ4n) is 1.61. The molecule has 0 amide bonds. The van der Waals surface area contributed by atoms with Crippen LogP contribution in [0.4, 0.5) is 5.69 Å². The third-order valence-corrected chi connectivity index (χ3v) is 2.62. The van der Waals surface area contributed by atoms with Gasteiger partial charge in [0.1, 0.15) is 0 Å². The number of carbonyl (C=O) groups excluding carboxylic acids is 2. The van der Waals surface area contributed by atoms with Crippen LogP contribution >= 0.6 is 0 Å². The maximum absolute atomic E-state index is 11.5. The average Bonchev–Trinajstić information content (AvgIpc) is 2.46. The molecule has 0 spiro atoms. The van der Waals surface area contributed by atoms with E-state index < -0.39 is 16.9 Å². The minimum atomic E-state index is -0.671. The van der Waals surface area contributed by atoms with Gasteiger partial charge in [0.2, 0.25) is 0 Å². The molecule has 0 bridgehead atoms. The lowest BCUT2D eigenvalue weighted by Crippen LogP contribution is -2.06. The zero-order valence-electron chi connectivity index (χ0n) is 11.9. The van der Waals surface area contributed by atoms with E-state index in [1.165, 1.54) is 32.2 Å². The number of nitrogens with zero attached hydrogens (tertiary/aromatic N) is 1. The number of nitro groups is 1. The first-order chi connectivity index (χ1) is 9.90. The van der Waals surface area contributed by atoms with Gasteiger partial charge in [0, 0.05) is 11.6 Å². The molecule has 0 aromatic heterocycles. The number of benzene rings is 1. The smallest absolute Gasteiger partial charge is 0.338 e. The van der Waals surface area contributed by atoms with Gasteiger partial charge >= 0.3 is 11.9 Å². The van der Waals surface area contributed by atoms with Gasteiger partial charge in [0.25, 0.3) is 5.69 Å². The van der Waals surface area contributed by atoms with Crippen molar-refractivity contribution in [1.29, 1.82) is 0 Å². The maximum Gasteiger partial charge on any atom is 0.338 e. The quantitative estimate of drug-likeness (QED) is 0.358. The van der Waals surface area contributed by atoms with E-state index in [1.54, 1.807) is 6.92 Å². The van der Waals surface area contributed by atoms with Gasteiger partial charge in [-0.3, -0.25) is 10.1 Å². The maximum atomic E-state index is 11.5. The van der Waals surface area contributed by atoms with Gasteiger partial charge in [0.15, 0.2) is 0 Å². The lowest BCUT2D eigenvalue weighted by Gasteiger charge is -2.04. The summed E-state index contributed by atoms with van der Waals surface area (Å²) < 4.78 is 9.32. The predicted octanol–water partition coefficient (Wildman–Crippen LogP) is 2.35. The van der Waals surface area contributed by atoms with Crippen LogP contribution < -0.4 is 0 Å². The van der Waals surface area contributed by atoms with Crippen molar-refractivity contribution in [1.82, 2.24) is 0 Å². The van der Waals surface area contributed by atoms with Crippen LogP contribution in [0, 0.1) is 10.1 Å². The molecule has 1 aromatic rings. The Kier molecular flexibility index (Phi) is 5.59. The number of nitro benzene ring substituents is 1. The summed E-state index contributed by atoms with van der Waals surface area (Å²) in [5, 5.41) is 11.1. The van der Waals surface area contributed by atoms with Gasteiger partial charge in [-0.05, 0) is 32.1 Å². The molecular weight excluding hydrogens is 278 g/mol. The Balaban J connectivity index is 3.24. The van der Waals surface area contributed by atoms with E-state index in [0.29, 0.717) is 0 Å². The molecule has 0 unspecified atom stereocenters. The molecule has 0 fully saturated rings. The molecule has 21 heavy (non-hydrogen) atoms. The molecule has 0 atom stereocenters. The van der Waals surface area contributed by atoms with Gasteiger partial charge in [-0.15, -0.1) is 0 Å². The number of ether oxygens (including phenoxy) is 2. The van der Waals surface area contributed by atoms with E-state index in [0.717, 1.165) is 6.07 Å². The predicted molar refractivity (Wildman–Crippen MR) is 74.7 cm³/mol. The van der Waals surface area contributed by atoms with Crippen LogP contribution in [0.5, 0.6) is 0 Å². The summed E-state index contributed by atoms with van der Waals surface area (Å²) >= 11 is 0. The molecule has 1 aromatic carbocycles. The molecule has 1 rings (SSSR count). The van der Waals surface area contributed by atoms with Crippen LogP contribution in [-0.2, 0) is 14.3 Å². The lowest BCUT2D eigenvalue weighted by atomic mass is 10.1. The highest BCUT2D eigenvalue weighted by molar-refractivity contribution is 5.95. The third-order valence-electron chi connectivity index (χ3n) is 2.62. The van der Waals surface area contributed by atoms with Crippen molar-refractivity contribution >= 4 is 23.7 Å². The number of methoxy groups -OCH3 is 1. The van der Waals surface area contributed by atoms with Crippen molar-refractivity contribution in [3.63, 3.8) is 0 Å². The van der Waals surface area contributed by atoms with Crippen LogP contribution in [0.15, 0.2) is 23.8 Å². The topological polar surface area (TPSA) is 95.7 Å². The summed E-state index contributed by atoms with van der Waals surface area (Å²) in [6.45, 7) is 3.38. The molecule has 0 N–H and O–H groups in total. The molecule has 0 saturated heterocycles. The molecule has 0 aliphatic rings. The SMILES string of the molecule is CCOC(=O)C(C)=Cc1ccc(C(=O)OC)cc1[N+](=O)[O-]. The fraction of sp³-hybridized carbons (Fsp3) is 0.286. The molecule has 0 aliphatic heterocycles. The minimum absolute atomic E-state index is 0.0649. The minimum Gasteiger partial charge on any atom is -0.465 e. The first kappa shape index (κ1) is 16.4. The summed E-state index contributed by atoms with van der Waals surface area (Å²) in [7, 11) is 1.19. The summed E-state index contributed by atoms with van der Waals surface area (Å²) in [6.07, 6.45) is 1.34. The molecule has 7 heteroatoms. The van der Waals surface area contributed by atoms with Crippen LogP contribution in [0.25, 0.3) is 6.08 Å². The molecule has 0 aliphatic carbocycles.